The molecule has 0 unspecified atom stereocenters. The van der Waals surface area contributed by atoms with Crippen LogP contribution >= 0.6 is 11.3 Å². The number of thiophene rings is 1. The molecule has 3 aromatic heterocycles. The van der Waals surface area contributed by atoms with Crippen LogP contribution in [0.25, 0.3) is 110 Å². The third kappa shape index (κ3) is 5.65. The first-order valence-corrected chi connectivity index (χ1v) is 19.5. The zero-order valence-corrected chi connectivity index (χ0v) is 30.9. The Morgan fingerprint density at radius 1 is 0.321 bits per heavy atom. The number of aromatic nitrogens is 3. The summed E-state index contributed by atoms with van der Waals surface area (Å²) in [5.41, 5.74) is 11.3. The summed E-state index contributed by atoms with van der Waals surface area (Å²) in [6.45, 7) is 0. The van der Waals surface area contributed by atoms with Gasteiger partial charge in [0.2, 0.25) is 0 Å². The lowest BCUT2D eigenvalue weighted by Crippen LogP contribution is -2.00. The van der Waals surface area contributed by atoms with Crippen LogP contribution in [0.1, 0.15) is 0 Å². The molecule has 5 heteroatoms. The molecule has 0 N–H and O–H groups in total. The fourth-order valence-electron chi connectivity index (χ4n) is 7.72. The van der Waals surface area contributed by atoms with Crippen LogP contribution in [-0.4, -0.2) is 15.0 Å². The molecule has 4 nitrogen and oxygen atoms in total. The van der Waals surface area contributed by atoms with E-state index in [1.807, 2.05) is 12.1 Å². The Hall–Kier alpha value is -7.21. The third-order valence-electron chi connectivity index (χ3n) is 10.6. The number of hydrogen-bond donors (Lipinski definition) is 0. The van der Waals surface area contributed by atoms with Gasteiger partial charge in [0, 0.05) is 47.6 Å². The molecular weight excluding hydrogens is 703 g/mol. The van der Waals surface area contributed by atoms with Crippen LogP contribution < -0.4 is 0 Å². The van der Waals surface area contributed by atoms with Crippen molar-refractivity contribution in [3.63, 3.8) is 0 Å². The SMILES string of the molecule is c1ccc(-c2cccc(-c3ccc(-c4nc(-c5ccc6c(c5)oc5cc(-c7ccccc7)ccc56)nc(-c5cccc6c5sc5ccccc56)n4)cc3)c2)cc1. The summed E-state index contributed by atoms with van der Waals surface area (Å²) in [5, 5.41) is 4.57. The van der Waals surface area contributed by atoms with Crippen molar-refractivity contribution in [2.24, 2.45) is 0 Å². The van der Waals surface area contributed by atoms with Crippen molar-refractivity contribution >= 4 is 53.4 Å². The van der Waals surface area contributed by atoms with Crippen molar-refractivity contribution in [2.45, 2.75) is 0 Å². The van der Waals surface area contributed by atoms with E-state index in [9.17, 15) is 0 Å². The molecule has 0 amide bonds. The molecule has 0 aliphatic heterocycles. The zero-order valence-electron chi connectivity index (χ0n) is 30.1. The molecule has 262 valence electrons. The smallest absolute Gasteiger partial charge is 0.165 e. The molecule has 0 aliphatic carbocycles. The van der Waals surface area contributed by atoms with Gasteiger partial charge in [-0.2, -0.15) is 0 Å². The largest absolute Gasteiger partial charge is 0.456 e. The van der Waals surface area contributed by atoms with Gasteiger partial charge in [-0.25, -0.2) is 15.0 Å². The van der Waals surface area contributed by atoms with Crippen LogP contribution in [0.5, 0.6) is 0 Å². The second-order valence-corrected chi connectivity index (χ2v) is 15.1. The summed E-state index contributed by atoms with van der Waals surface area (Å²) in [6, 6.07) is 65.7. The van der Waals surface area contributed by atoms with E-state index < -0.39 is 0 Å². The second-order valence-electron chi connectivity index (χ2n) is 14.0. The first-order chi connectivity index (χ1) is 27.7. The molecule has 0 fully saturated rings. The van der Waals surface area contributed by atoms with Crippen LogP contribution in [-0.2, 0) is 0 Å². The minimum absolute atomic E-state index is 0.593. The first-order valence-electron chi connectivity index (χ1n) is 18.7. The van der Waals surface area contributed by atoms with Gasteiger partial charge in [-0.1, -0.05) is 146 Å². The van der Waals surface area contributed by atoms with Crippen molar-refractivity contribution in [1.82, 2.24) is 15.0 Å². The third-order valence-corrected chi connectivity index (χ3v) is 11.8. The molecule has 0 aliphatic rings. The highest BCUT2D eigenvalue weighted by Gasteiger charge is 2.18. The van der Waals surface area contributed by atoms with Crippen molar-refractivity contribution < 1.29 is 4.42 Å². The molecular formula is C51H31N3OS. The van der Waals surface area contributed by atoms with Crippen molar-refractivity contribution in [1.29, 1.82) is 0 Å². The Kier molecular flexibility index (Phi) is 7.64. The number of fused-ring (bicyclic) bond motifs is 6. The molecule has 0 spiro atoms. The van der Waals surface area contributed by atoms with Crippen LogP contribution in [0.15, 0.2) is 192 Å². The van der Waals surface area contributed by atoms with Crippen molar-refractivity contribution in [3.8, 4) is 67.5 Å². The predicted molar refractivity (Wildman–Crippen MR) is 233 cm³/mol. The molecule has 3 heterocycles. The highest BCUT2D eigenvalue weighted by Crippen LogP contribution is 2.40. The number of benzene rings is 8. The zero-order chi connectivity index (χ0) is 37.0. The maximum Gasteiger partial charge on any atom is 0.165 e. The van der Waals surface area contributed by atoms with Gasteiger partial charge < -0.3 is 4.42 Å². The van der Waals surface area contributed by atoms with Crippen molar-refractivity contribution in [3.05, 3.63) is 188 Å². The number of nitrogens with zero attached hydrogens (tertiary/aromatic N) is 3. The molecule has 0 saturated heterocycles. The summed E-state index contributed by atoms with van der Waals surface area (Å²) in [7, 11) is 0. The van der Waals surface area contributed by atoms with E-state index in [-0.39, 0.29) is 0 Å². The van der Waals surface area contributed by atoms with E-state index in [0.29, 0.717) is 17.5 Å². The standard InChI is InChI=1S/C51H31N3OS/c1-3-11-32(12-4-1)36-15-9-16-37(29-36)34-21-23-35(24-22-34)49-52-50(54-51(53-49)44-19-10-18-43-42-17-7-8-20-47(42)56-48(43)44)39-26-28-41-40-27-25-38(33-13-5-2-6-14-33)30-45(40)55-46(41)31-39/h1-31H. The maximum atomic E-state index is 6.52. The van der Waals surface area contributed by atoms with E-state index in [4.69, 9.17) is 19.4 Å². The highest BCUT2D eigenvalue weighted by molar-refractivity contribution is 7.26. The minimum Gasteiger partial charge on any atom is -0.456 e. The lowest BCUT2D eigenvalue weighted by atomic mass is 9.98. The Balaban J connectivity index is 1.04. The summed E-state index contributed by atoms with van der Waals surface area (Å²) < 4.78 is 8.92. The van der Waals surface area contributed by atoms with Gasteiger partial charge in [0.05, 0.1) is 0 Å². The van der Waals surface area contributed by atoms with Gasteiger partial charge in [-0.3, -0.25) is 0 Å². The molecule has 0 bridgehead atoms. The number of rotatable bonds is 6. The lowest BCUT2D eigenvalue weighted by Gasteiger charge is -2.10. The van der Waals surface area contributed by atoms with Crippen LogP contribution in [0.3, 0.4) is 0 Å². The fraction of sp³-hybridized carbons (Fsp3) is 0. The molecule has 0 saturated carbocycles. The molecule has 0 atom stereocenters. The molecule has 56 heavy (non-hydrogen) atoms. The van der Waals surface area contributed by atoms with Gasteiger partial charge in [0.1, 0.15) is 11.2 Å². The Morgan fingerprint density at radius 2 is 0.804 bits per heavy atom. The fourth-order valence-corrected chi connectivity index (χ4v) is 8.94. The molecule has 11 rings (SSSR count). The Labute approximate surface area is 327 Å². The molecule has 8 aromatic carbocycles. The summed E-state index contributed by atoms with van der Waals surface area (Å²) in [4.78, 5) is 15.5. The van der Waals surface area contributed by atoms with E-state index in [2.05, 4.69) is 176 Å². The maximum absolute atomic E-state index is 6.52. The molecule has 0 radical (unpaired) electrons. The minimum atomic E-state index is 0.593. The van der Waals surface area contributed by atoms with Gasteiger partial charge in [-0.05, 0) is 75.8 Å². The summed E-state index contributed by atoms with van der Waals surface area (Å²) in [6.07, 6.45) is 0. The van der Waals surface area contributed by atoms with E-state index >= 15 is 0 Å². The Bertz CT molecular complexity index is 3240. The summed E-state index contributed by atoms with van der Waals surface area (Å²) in [5.74, 6) is 1.85. The lowest BCUT2D eigenvalue weighted by molar-refractivity contribution is 0.669. The average molecular weight is 734 g/mol. The summed E-state index contributed by atoms with van der Waals surface area (Å²) >= 11 is 1.77. The average Bonchev–Trinajstić information content (AvgIpc) is 3.85. The van der Waals surface area contributed by atoms with Crippen LogP contribution in [0, 0.1) is 0 Å². The van der Waals surface area contributed by atoms with Gasteiger partial charge in [-0.15, -0.1) is 11.3 Å². The quantitative estimate of drug-likeness (QED) is 0.171. The van der Waals surface area contributed by atoms with Crippen LogP contribution in [0.4, 0.5) is 0 Å². The predicted octanol–water partition coefficient (Wildman–Crippen LogP) is 14.1. The van der Waals surface area contributed by atoms with Gasteiger partial charge >= 0.3 is 0 Å². The first kappa shape index (κ1) is 32.2. The van der Waals surface area contributed by atoms with Gasteiger partial charge in [0.25, 0.3) is 0 Å². The second kappa shape index (κ2) is 13.3. The van der Waals surface area contributed by atoms with E-state index in [1.165, 1.54) is 26.6 Å². The van der Waals surface area contributed by atoms with E-state index in [0.717, 1.165) is 65.6 Å². The van der Waals surface area contributed by atoms with E-state index in [1.54, 1.807) is 11.3 Å². The number of hydrogen-bond acceptors (Lipinski definition) is 5. The van der Waals surface area contributed by atoms with Gasteiger partial charge in [0.15, 0.2) is 17.5 Å². The molecule has 11 aromatic rings. The Morgan fingerprint density at radius 3 is 1.52 bits per heavy atom. The van der Waals surface area contributed by atoms with Crippen LogP contribution in [0.2, 0.25) is 0 Å². The van der Waals surface area contributed by atoms with Crippen molar-refractivity contribution in [2.75, 3.05) is 0 Å². The normalized spacial score (nSPS) is 11.6. The topological polar surface area (TPSA) is 51.8 Å². The number of furan rings is 1. The monoisotopic (exact) mass is 733 g/mol. The highest BCUT2D eigenvalue weighted by atomic mass is 32.1.